The molecule has 0 amide bonds. The first-order chi connectivity index (χ1) is 14.5. The predicted octanol–water partition coefficient (Wildman–Crippen LogP) is 4.53. The maximum Gasteiger partial charge on any atom is 0.316 e. The van der Waals surface area contributed by atoms with Crippen molar-refractivity contribution < 1.29 is 14.6 Å². The van der Waals surface area contributed by atoms with Crippen LogP contribution in [0.3, 0.4) is 0 Å². The Bertz CT molecular complexity index is 862. The Labute approximate surface area is 183 Å². The number of aliphatic hydroxyl groups is 1. The third-order valence-electron chi connectivity index (χ3n) is 6.74. The quantitative estimate of drug-likeness (QED) is 0.659. The van der Waals surface area contributed by atoms with Gasteiger partial charge in [0.2, 0.25) is 0 Å². The standard InChI is InChI=1S/C25H30ClNO3/c1-2-16-30-23(28)25(20-6-4-3-5-7-20)17-21(25)18-27-14-12-24(29,13-15-27)19-8-10-22(26)11-9-19/h3-11,21,29H,2,12-18H2,1H3/t21-,25+/m1/s1. The summed E-state index contributed by atoms with van der Waals surface area (Å²) >= 11 is 5.99. The number of piperidine rings is 1. The summed E-state index contributed by atoms with van der Waals surface area (Å²) < 4.78 is 5.58. The first-order valence-corrected chi connectivity index (χ1v) is 11.3. The van der Waals surface area contributed by atoms with Crippen molar-refractivity contribution in [1.82, 2.24) is 4.90 Å². The Morgan fingerprint density at radius 1 is 1.10 bits per heavy atom. The number of ether oxygens (including phenoxy) is 1. The molecule has 0 unspecified atom stereocenters. The van der Waals surface area contributed by atoms with E-state index in [-0.39, 0.29) is 11.9 Å². The van der Waals surface area contributed by atoms with Crippen molar-refractivity contribution >= 4 is 17.6 Å². The molecule has 2 aromatic carbocycles. The SMILES string of the molecule is CCCOC(=O)[C@]1(c2ccccc2)C[C@@H]1CN1CCC(O)(c2ccc(Cl)cc2)CC1. The maximum atomic E-state index is 13.0. The molecular formula is C25H30ClNO3. The number of nitrogens with zero attached hydrogens (tertiary/aromatic N) is 1. The summed E-state index contributed by atoms with van der Waals surface area (Å²) in [5.74, 6) is 0.168. The molecule has 1 saturated heterocycles. The number of hydrogen-bond acceptors (Lipinski definition) is 4. The highest BCUT2D eigenvalue weighted by molar-refractivity contribution is 6.30. The highest BCUT2D eigenvalue weighted by Crippen LogP contribution is 2.55. The summed E-state index contributed by atoms with van der Waals surface area (Å²) in [5, 5.41) is 11.8. The van der Waals surface area contributed by atoms with E-state index in [1.165, 1.54) is 0 Å². The van der Waals surface area contributed by atoms with Crippen LogP contribution in [0.1, 0.15) is 43.7 Å². The Morgan fingerprint density at radius 2 is 1.77 bits per heavy atom. The number of halogens is 1. The van der Waals surface area contributed by atoms with Crippen LogP contribution >= 0.6 is 11.6 Å². The van der Waals surface area contributed by atoms with Gasteiger partial charge in [-0.15, -0.1) is 0 Å². The molecule has 4 rings (SSSR count). The molecule has 30 heavy (non-hydrogen) atoms. The van der Waals surface area contributed by atoms with Crippen molar-refractivity contribution in [1.29, 1.82) is 0 Å². The van der Waals surface area contributed by atoms with Crippen LogP contribution in [0.25, 0.3) is 0 Å². The van der Waals surface area contributed by atoms with E-state index >= 15 is 0 Å². The van der Waals surface area contributed by atoms with Gasteiger partial charge >= 0.3 is 5.97 Å². The smallest absolute Gasteiger partial charge is 0.316 e. The molecule has 2 aromatic rings. The monoisotopic (exact) mass is 427 g/mol. The van der Waals surface area contributed by atoms with E-state index in [1.54, 1.807) is 0 Å². The molecule has 1 aliphatic carbocycles. The molecule has 1 heterocycles. The van der Waals surface area contributed by atoms with Crippen molar-refractivity contribution in [3.8, 4) is 0 Å². The Hall–Kier alpha value is -1.88. The van der Waals surface area contributed by atoms with Crippen molar-refractivity contribution in [3.63, 3.8) is 0 Å². The molecule has 2 atom stereocenters. The molecule has 160 valence electrons. The number of rotatable bonds is 7. The zero-order valence-electron chi connectivity index (χ0n) is 17.5. The molecular weight excluding hydrogens is 398 g/mol. The van der Waals surface area contributed by atoms with Gasteiger partial charge in [-0.25, -0.2) is 0 Å². The van der Waals surface area contributed by atoms with Gasteiger partial charge in [0.15, 0.2) is 0 Å². The highest BCUT2D eigenvalue weighted by atomic mass is 35.5. The lowest BCUT2D eigenvalue weighted by Gasteiger charge is -2.39. The maximum absolute atomic E-state index is 13.0. The average molecular weight is 428 g/mol. The van der Waals surface area contributed by atoms with Gasteiger partial charge in [0.05, 0.1) is 17.6 Å². The normalized spacial score (nSPS) is 25.6. The van der Waals surface area contributed by atoms with Crippen molar-refractivity contribution in [2.75, 3.05) is 26.2 Å². The molecule has 1 aliphatic heterocycles. The molecule has 2 fully saturated rings. The van der Waals surface area contributed by atoms with E-state index in [2.05, 4.69) is 4.90 Å². The zero-order valence-corrected chi connectivity index (χ0v) is 18.3. The van der Waals surface area contributed by atoms with E-state index in [0.29, 0.717) is 24.5 Å². The molecule has 0 spiro atoms. The average Bonchev–Trinajstić information content (AvgIpc) is 3.50. The minimum atomic E-state index is -0.804. The van der Waals surface area contributed by atoms with Gasteiger partial charge in [0.1, 0.15) is 0 Å². The minimum absolute atomic E-state index is 0.0878. The summed E-state index contributed by atoms with van der Waals surface area (Å²) in [5.41, 5.74) is 0.673. The largest absolute Gasteiger partial charge is 0.465 e. The predicted molar refractivity (Wildman–Crippen MR) is 118 cm³/mol. The number of esters is 1. The van der Waals surface area contributed by atoms with E-state index < -0.39 is 11.0 Å². The van der Waals surface area contributed by atoms with Crippen LogP contribution in [-0.2, 0) is 20.5 Å². The minimum Gasteiger partial charge on any atom is -0.465 e. The van der Waals surface area contributed by atoms with E-state index in [0.717, 1.165) is 43.6 Å². The molecule has 4 nitrogen and oxygen atoms in total. The van der Waals surface area contributed by atoms with E-state index in [1.807, 2.05) is 61.5 Å². The van der Waals surface area contributed by atoms with Gasteiger partial charge in [0.25, 0.3) is 0 Å². The van der Waals surface area contributed by atoms with Gasteiger partial charge in [0, 0.05) is 24.7 Å². The molecule has 1 N–H and O–H groups in total. The second kappa shape index (κ2) is 8.70. The lowest BCUT2D eigenvalue weighted by atomic mass is 9.84. The summed E-state index contributed by atoms with van der Waals surface area (Å²) in [7, 11) is 0. The van der Waals surface area contributed by atoms with E-state index in [9.17, 15) is 9.90 Å². The highest BCUT2D eigenvalue weighted by Gasteiger charge is 2.62. The Balaban J connectivity index is 1.41. The molecule has 1 saturated carbocycles. The van der Waals surface area contributed by atoms with Crippen LogP contribution in [0.15, 0.2) is 54.6 Å². The van der Waals surface area contributed by atoms with Gasteiger partial charge in [-0.3, -0.25) is 4.79 Å². The number of benzene rings is 2. The van der Waals surface area contributed by atoms with Crippen LogP contribution in [0, 0.1) is 5.92 Å². The molecule has 0 radical (unpaired) electrons. The topological polar surface area (TPSA) is 49.8 Å². The first kappa shape index (κ1) is 21.4. The second-order valence-electron chi connectivity index (χ2n) is 8.71. The van der Waals surface area contributed by atoms with Crippen LogP contribution in [0.5, 0.6) is 0 Å². The Kier molecular flexibility index (Phi) is 6.19. The van der Waals surface area contributed by atoms with Crippen LogP contribution in [0.4, 0.5) is 0 Å². The first-order valence-electron chi connectivity index (χ1n) is 10.9. The van der Waals surface area contributed by atoms with E-state index in [4.69, 9.17) is 16.3 Å². The lowest BCUT2D eigenvalue weighted by Crippen LogP contribution is -2.44. The third kappa shape index (κ3) is 4.14. The van der Waals surface area contributed by atoms with Gasteiger partial charge in [-0.05, 0) is 54.9 Å². The molecule has 5 heteroatoms. The van der Waals surface area contributed by atoms with Gasteiger partial charge < -0.3 is 14.7 Å². The molecule has 2 aliphatic rings. The second-order valence-corrected chi connectivity index (χ2v) is 9.15. The van der Waals surface area contributed by atoms with Crippen molar-refractivity contribution in [2.24, 2.45) is 5.92 Å². The number of likely N-dealkylation sites (tertiary alicyclic amines) is 1. The number of carbonyl (C=O) groups excluding carboxylic acids is 1. The van der Waals surface area contributed by atoms with Crippen LogP contribution in [-0.4, -0.2) is 42.2 Å². The van der Waals surface area contributed by atoms with Crippen LogP contribution < -0.4 is 0 Å². The number of carbonyl (C=O) groups is 1. The molecule has 0 aromatic heterocycles. The third-order valence-corrected chi connectivity index (χ3v) is 6.99. The summed E-state index contributed by atoms with van der Waals surface area (Å²) in [6.07, 6.45) is 3.02. The zero-order chi connectivity index (χ0) is 21.2. The lowest BCUT2D eigenvalue weighted by molar-refractivity contribution is -0.147. The van der Waals surface area contributed by atoms with Gasteiger partial charge in [-0.2, -0.15) is 0 Å². The number of hydrogen-bond donors (Lipinski definition) is 1. The fourth-order valence-corrected chi connectivity index (χ4v) is 4.92. The van der Waals surface area contributed by atoms with Crippen LogP contribution in [0.2, 0.25) is 5.02 Å². The van der Waals surface area contributed by atoms with Crippen molar-refractivity contribution in [2.45, 2.75) is 43.6 Å². The summed E-state index contributed by atoms with van der Waals surface area (Å²) in [6.45, 7) is 4.96. The van der Waals surface area contributed by atoms with Gasteiger partial charge in [-0.1, -0.05) is 61.0 Å². The van der Waals surface area contributed by atoms with Crippen molar-refractivity contribution in [3.05, 3.63) is 70.7 Å². The fourth-order valence-electron chi connectivity index (χ4n) is 4.80. The summed E-state index contributed by atoms with van der Waals surface area (Å²) in [4.78, 5) is 15.3. The Morgan fingerprint density at radius 3 is 2.40 bits per heavy atom. The summed E-state index contributed by atoms with van der Waals surface area (Å²) in [6, 6.07) is 17.6. The fraction of sp³-hybridized carbons (Fsp3) is 0.480. The molecule has 0 bridgehead atoms.